The molecule has 0 amide bonds. The van der Waals surface area contributed by atoms with Crippen LogP contribution in [0.2, 0.25) is 0 Å². The van der Waals surface area contributed by atoms with Crippen LogP contribution >= 0.6 is 0 Å². The van der Waals surface area contributed by atoms with Gasteiger partial charge in [-0.1, -0.05) is 6.92 Å². The van der Waals surface area contributed by atoms with Crippen molar-refractivity contribution in [2.75, 3.05) is 26.8 Å². The Morgan fingerprint density at radius 2 is 2.33 bits per heavy atom. The second-order valence-corrected chi connectivity index (χ2v) is 4.40. The van der Waals surface area contributed by atoms with Crippen LogP contribution in [0.3, 0.4) is 0 Å². The molecule has 0 aliphatic carbocycles. The van der Waals surface area contributed by atoms with Gasteiger partial charge in [0.2, 0.25) is 0 Å². The second kappa shape index (κ2) is 6.43. The van der Waals surface area contributed by atoms with Crippen LogP contribution in [0, 0.1) is 0 Å². The van der Waals surface area contributed by atoms with Gasteiger partial charge in [0.25, 0.3) is 0 Å². The van der Waals surface area contributed by atoms with Crippen molar-refractivity contribution in [3.63, 3.8) is 0 Å². The molecule has 1 aliphatic heterocycles. The Morgan fingerprint density at radius 1 is 1.60 bits per heavy atom. The summed E-state index contributed by atoms with van der Waals surface area (Å²) in [5.41, 5.74) is 5.96. The van der Waals surface area contributed by atoms with Crippen LogP contribution in [0.5, 0.6) is 0 Å². The van der Waals surface area contributed by atoms with E-state index >= 15 is 0 Å². The maximum atomic E-state index is 9.31. The second-order valence-electron chi connectivity index (χ2n) is 4.40. The lowest BCUT2D eigenvalue weighted by atomic mass is 10.1. The predicted octanol–water partition coefficient (Wildman–Crippen LogP) is 0.195. The molecule has 1 heterocycles. The molecule has 0 aromatic heterocycles. The fraction of sp³-hybridized carbons (Fsp3) is 1.00. The summed E-state index contributed by atoms with van der Waals surface area (Å²) >= 11 is 0. The first kappa shape index (κ1) is 12.9. The third kappa shape index (κ3) is 3.72. The van der Waals surface area contributed by atoms with Gasteiger partial charge < -0.3 is 15.6 Å². The van der Waals surface area contributed by atoms with E-state index in [1.807, 2.05) is 14.0 Å². The normalized spacial score (nSPS) is 25.8. The first-order chi connectivity index (χ1) is 7.19. The summed E-state index contributed by atoms with van der Waals surface area (Å²) in [4.78, 5) is 2.13. The summed E-state index contributed by atoms with van der Waals surface area (Å²) in [6.07, 6.45) is 3.50. The molecule has 1 aliphatic rings. The van der Waals surface area contributed by atoms with E-state index in [1.54, 1.807) is 0 Å². The monoisotopic (exact) mass is 216 g/mol. The molecule has 0 radical (unpaired) electrons. The van der Waals surface area contributed by atoms with Gasteiger partial charge in [-0.15, -0.1) is 0 Å². The zero-order valence-corrected chi connectivity index (χ0v) is 9.85. The minimum absolute atomic E-state index is 0.0430. The average Bonchev–Trinajstić information content (AvgIpc) is 2.71. The molecule has 4 nitrogen and oxygen atoms in total. The van der Waals surface area contributed by atoms with Crippen molar-refractivity contribution in [2.24, 2.45) is 5.73 Å². The van der Waals surface area contributed by atoms with Crippen molar-refractivity contribution in [1.29, 1.82) is 0 Å². The van der Waals surface area contributed by atoms with Gasteiger partial charge in [0.1, 0.15) is 0 Å². The third-order valence-corrected chi connectivity index (χ3v) is 3.23. The SMILES string of the molecule is CCC(N)C(CO)N(C)CC1CCCO1. The van der Waals surface area contributed by atoms with Crippen molar-refractivity contribution in [3.05, 3.63) is 0 Å². The highest BCUT2D eigenvalue weighted by atomic mass is 16.5. The molecular formula is C11H24N2O2. The van der Waals surface area contributed by atoms with E-state index in [2.05, 4.69) is 4.90 Å². The Kier molecular flexibility index (Phi) is 5.53. The summed E-state index contributed by atoms with van der Waals surface area (Å²) < 4.78 is 5.57. The fourth-order valence-electron chi connectivity index (χ4n) is 2.12. The zero-order valence-electron chi connectivity index (χ0n) is 9.85. The molecule has 3 atom stereocenters. The number of ether oxygens (including phenoxy) is 1. The maximum Gasteiger partial charge on any atom is 0.0702 e. The van der Waals surface area contributed by atoms with E-state index in [-0.39, 0.29) is 18.7 Å². The largest absolute Gasteiger partial charge is 0.395 e. The lowest BCUT2D eigenvalue weighted by Gasteiger charge is -2.32. The van der Waals surface area contributed by atoms with E-state index in [0.717, 1.165) is 32.4 Å². The van der Waals surface area contributed by atoms with Gasteiger partial charge in [-0.2, -0.15) is 0 Å². The third-order valence-electron chi connectivity index (χ3n) is 3.23. The first-order valence-electron chi connectivity index (χ1n) is 5.87. The Balaban J connectivity index is 2.37. The van der Waals surface area contributed by atoms with Gasteiger partial charge in [0.15, 0.2) is 0 Å². The van der Waals surface area contributed by atoms with Crippen molar-refractivity contribution < 1.29 is 9.84 Å². The molecule has 1 saturated heterocycles. The van der Waals surface area contributed by atoms with E-state index < -0.39 is 0 Å². The lowest BCUT2D eigenvalue weighted by Crippen LogP contribution is -2.50. The van der Waals surface area contributed by atoms with Crippen molar-refractivity contribution >= 4 is 0 Å². The summed E-state index contributed by atoms with van der Waals surface area (Å²) in [6.45, 7) is 3.92. The first-order valence-corrected chi connectivity index (χ1v) is 5.87. The summed E-state index contributed by atoms with van der Waals surface area (Å²) in [5.74, 6) is 0. The smallest absolute Gasteiger partial charge is 0.0702 e. The topological polar surface area (TPSA) is 58.7 Å². The van der Waals surface area contributed by atoms with Crippen LogP contribution in [0.25, 0.3) is 0 Å². The summed E-state index contributed by atoms with van der Waals surface area (Å²) in [7, 11) is 2.01. The predicted molar refractivity (Wildman–Crippen MR) is 60.7 cm³/mol. The number of aliphatic hydroxyl groups is 1. The molecule has 1 fully saturated rings. The number of rotatable bonds is 6. The van der Waals surface area contributed by atoms with Gasteiger partial charge in [0.05, 0.1) is 12.7 Å². The van der Waals surface area contributed by atoms with E-state index in [4.69, 9.17) is 10.5 Å². The highest BCUT2D eigenvalue weighted by Crippen LogP contribution is 2.14. The van der Waals surface area contributed by atoms with Crippen molar-refractivity contribution in [2.45, 2.75) is 44.4 Å². The van der Waals surface area contributed by atoms with Crippen LogP contribution in [-0.2, 0) is 4.74 Å². The number of hydrogen-bond acceptors (Lipinski definition) is 4. The van der Waals surface area contributed by atoms with E-state index in [1.165, 1.54) is 0 Å². The molecule has 1 rings (SSSR count). The van der Waals surface area contributed by atoms with Crippen molar-refractivity contribution in [3.8, 4) is 0 Å². The highest BCUT2D eigenvalue weighted by Gasteiger charge is 2.24. The van der Waals surface area contributed by atoms with E-state index in [0.29, 0.717) is 6.10 Å². The quantitative estimate of drug-likeness (QED) is 0.666. The minimum Gasteiger partial charge on any atom is -0.395 e. The molecule has 3 N–H and O–H groups in total. The minimum atomic E-state index is 0.0430. The van der Waals surface area contributed by atoms with Crippen LogP contribution in [-0.4, -0.2) is 55.0 Å². The number of nitrogens with zero attached hydrogens (tertiary/aromatic N) is 1. The van der Waals surface area contributed by atoms with Gasteiger partial charge in [-0.05, 0) is 26.3 Å². The van der Waals surface area contributed by atoms with Gasteiger partial charge in [-0.25, -0.2) is 0 Å². The Morgan fingerprint density at radius 3 is 2.80 bits per heavy atom. The summed E-state index contributed by atoms with van der Waals surface area (Å²) in [6, 6.07) is 0.0978. The molecule has 0 aromatic carbocycles. The fourth-order valence-corrected chi connectivity index (χ4v) is 2.12. The van der Waals surface area contributed by atoms with Crippen LogP contribution < -0.4 is 5.73 Å². The van der Waals surface area contributed by atoms with Crippen molar-refractivity contribution in [1.82, 2.24) is 4.90 Å². The Hall–Kier alpha value is -0.160. The molecule has 0 aromatic rings. The molecule has 15 heavy (non-hydrogen) atoms. The Labute approximate surface area is 92.4 Å². The van der Waals surface area contributed by atoms with Crippen LogP contribution in [0.4, 0.5) is 0 Å². The molecule has 0 saturated carbocycles. The molecular weight excluding hydrogens is 192 g/mol. The number of hydrogen-bond donors (Lipinski definition) is 2. The van der Waals surface area contributed by atoms with E-state index in [9.17, 15) is 5.11 Å². The molecule has 3 unspecified atom stereocenters. The van der Waals surface area contributed by atoms with Gasteiger partial charge >= 0.3 is 0 Å². The number of nitrogens with two attached hydrogens (primary N) is 1. The summed E-state index contributed by atoms with van der Waals surface area (Å²) in [5, 5.41) is 9.31. The Bertz CT molecular complexity index is 172. The average molecular weight is 216 g/mol. The molecule has 90 valence electrons. The molecule has 0 bridgehead atoms. The van der Waals surface area contributed by atoms with Crippen LogP contribution in [0.1, 0.15) is 26.2 Å². The number of likely N-dealkylation sites (N-methyl/N-ethyl adjacent to an activating group) is 1. The lowest BCUT2D eigenvalue weighted by molar-refractivity contribution is 0.0477. The zero-order chi connectivity index (χ0) is 11.3. The van der Waals surface area contributed by atoms with Crippen LogP contribution in [0.15, 0.2) is 0 Å². The number of aliphatic hydroxyl groups excluding tert-OH is 1. The standard InChI is InChI=1S/C11H24N2O2/c1-3-10(12)11(8-14)13(2)7-9-5-4-6-15-9/h9-11,14H,3-8,12H2,1-2H3. The molecule has 4 heteroatoms. The van der Waals surface area contributed by atoms with Gasteiger partial charge in [0, 0.05) is 25.2 Å². The highest BCUT2D eigenvalue weighted by molar-refractivity contribution is 4.81. The van der Waals surface area contributed by atoms with Gasteiger partial charge in [-0.3, -0.25) is 4.90 Å². The molecule has 0 spiro atoms. The maximum absolute atomic E-state index is 9.31.